The molecule has 0 bridgehead atoms. The van der Waals surface area contributed by atoms with Gasteiger partial charge in [0.1, 0.15) is 0 Å². The van der Waals surface area contributed by atoms with Gasteiger partial charge in [0.25, 0.3) is 0 Å². The van der Waals surface area contributed by atoms with E-state index in [1.165, 1.54) is 19.9 Å². The summed E-state index contributed by atoms with van der Waals surface area (Å²) in [7, 11) is -3.56. The number of aryl methyl sites for hydroxylation is 2. The minimum atomic E-state index is -3.56. The second-order valence-corrected chi connectivity index (χ2v) is 6.74. The highest BCUT2D eigenvalue weighted by Gasteiger charge is 2.21. The molecule has 0 aliphatic rings. The average molecular weight is 271 g/mol. The van der Waals surface area contributed by atoms with Gasteiger partial charge in [-0.25, -0.2) is 13.2 Å². The Balaban J connectivity index is 3.37. The maximum absolute atomic E-state index is 11.8. The van der Waals surface area contributed by atoms with Crippen molar-refractivity contribution in [2.75, 3.05) is 4.72 Å². The van der Waals surface area contributed by atoms with Crippen LogP contribution in [0, 0.1) is 13.8 Å². The SMILES string of the molecule is Cc1cc(C)c(NS(=O)(=O)C(C)C)c(C(=O)O)c1. The highest BCUT2D eigenvalue weighted by Crippen LogP contribution is 2.24. The molecule has 0 aliphatic carbocycles. The van der Waals surface area contributed by atoms with E-state index < -0.39 is 21.2 Å². The van der Waals surface area contributed by atoms with Gasteiger partial charge in [-0.15, -0.1) is 0 Å². The van der Waals surface area contributed by atoms with Gasteiger partial charge in [-0.1, -0.05) is 6.07 Å². The molecule has 18 heavy (non-hydrogen) atoms. The molecule has 100 valence electrons. The van der Waals surface area contributed by atoms with Crippen molar-refractivity contribution in [3.63, 3.8) is 0 Å². The van der Waals surface area contributed by atoms with E-state index in [9.17, 15) is 13.2 Å². The Hall–Kier alpha value is -1.56. The van der Waals surface area contributed by atoms with Crippen molar-refractivity contribution >= 4 is 21.7 Å². The fraction of sp³-hybridized carbons (Fsp3) is 0.417. The maximum atomic E-state index is 11.8. The first-order chi connectivity index (χ1) is 8.15. The fourth-order valence-corrected chi connectivity index (χ4v) is 2.32. The van der Waals surface area contributed by atoms with Crippen LogP contribution in [0.15, 0.2) is 12.1 Å². The lowest BCUT2D eigenvalue weighted by atomic mass is 10.0. The molecular formula is C12H17NO4S. The second kappa shape index (κ2) is 4.97. The third-order valence-electron chi connectivity index (χ3n) is 2.58. The van der Waals surface area contributed by atoms with E-state index in [1.54, 1.807) is 19.9 Å². The molecule has 0 aromatic heterocycles. The Morgan fingerprint density at radius 2 is 1.83 bits per heavy atom. The molecule has 0 saturated carbocycles. The van der Waals surface area contributed by atoms with Gasteiger partial charge in [-0.2, -0.15) is 0 Å². The van der Waals surface area contributed by atoms with Crippen LogP contribution in [0.3, 0.4) is 0 Å². The summed E-state index contributed by atoms with van der Waals surface area (Å²) >= 11 is 0. The summed E-state index contributed by atoms with van der Waals surface area (Å²) in [6.45, 7) is 6.51. The molecule has 0 radical (unpaired) electrons. The number of carboxylic acids is 1. The molecular weight excluding hydrogens is 254 g/mol. The molecule has 5 nitrogen and oxygen atoms in total. The smallest absolute Gasteiger partial charge is 0.337 e. The fourth-order valence-electron chi connectivity index (χ4n) is 1.53. The Morgan fingerprint density at radius 3 is 2.28 bits per heavy atom. The van der Waals surface area contributed by atoms with E-state index in [-0.39, 0.29) is 11.3 Å². The van der Waals surface area contributed by atoms with Crippen LogP contribution in [-0.4, -0.2) is 24.7 Å². The quantitative estimate of drug-likeness (QED) is 0.879. The average Bonchev–Trinajstić information content (AvgIpc) is 2.21. The maximum Gasteiger partial charge on any atom is 0.337 e. The van der Waals surface area contributed by atoms with Gasteiger partial charge in [0.2, 0.25) is 10.0 Å². The number of rotatable bonds is 4. The van der Waals surface area contributed by atoms with E-state index in [1.807, 2.05) is 0 Å². The number of aromatic carboxylic acids is 1. The Labute approximate surface area is 107 Å². The largest absolute Gasteiger partial charge is 0.478 e. The Bertz CT molecular complexity index is 576. The lowest BCUT2D eigenvalue weighted by Crippen LogP contribution is -2.24. The van der Waals surface area contributed by atoms with Gasteiger partial charge >= 0.3 is 5.97 Å². The Morgan fingerprint density at radius 1 is 1.28 bits per heavy atom. The van der Waals surface area contributed by atoms with E-state index in [2.05, 4.69) is 4.72 Å². The molecule has 6 heteroatoms. The van der Waals surface area contributed by atoms with Crippen LogP contribution in [0.5, 0.6) is 0 Å². The molecule has 0 aliphatic heterocycles. The van der Waals surface area contributed by atoms with Crippen LogP contribution >= 0.6 is 0 Å². The van der Waals surface area contributed by atoms with Gasteiger partial charge < -0.3 is 5.11 Å². The number of sulfonamides is 1. The highest BCUT2D eigenvalue weighted by molar-refractivity contribution is 7.93. The number of hydrogen-bond donors (Lipinski definition) is 2. The lowest BCUT2D eigenvalue weighted by molar-refractivity contribution is 0.0698. The van der Waals surface area contributed by atoms with Gasteiger partial charge in [-0.3, -0.25) is 4.72 Å². The summed E-state index contributed by atoms with van der Waals surface area (Å²) < 4.78 is 26.0. The first-order valence-electron chi connectivity index (χ1n) is 5.51. The number of carbonyl (C=O) groups is 1. The molecule has 1 rings (SSSR count). The van der Waals surface area contributed by atoms with Gasteiger partial charge in [0.05, 0.1) is 16.5 Å². The van der Waals surface area contributed by atoms with E-state index in [0.29, 0.717) is 5.56 Å². The topological polar surface area (TPSA) is 83.5 Å². The van der Waals surface area contributed by atoms with Crippen molar-refractivity contribution in [3.05, 3.63) is 28.8 Å². The number of nitrogens with one attached hydrogen (secondary N) is 1. The lowest BCUT2D eigenvalue weighted by Gasteiger charge is -2.15. The molecule has 0 unspecified atom stereocenters. The first kappa shape index (κ1) is 14.5. The minimum absolute atomic E-state index is 0.0308. The molecule has 1 aromatic carbocycles. The van der Waals surface area contributed by atoms with Crippen LogP contribution in [0.4, 0.5) is 5.69 Å². The second-order valence-electron chi connectivity index (χ2n) is 4.51. The van der Waals surface area contributed by atoms with Gasteiger partial charge in [0, 0.05) is 0 Å². The van der Waals surface area contributed by atoms with Crippen LogP contribution in [0.1, 0.15) is 35.3 Å². The molecule has 0 atom stereocenters. The third-order valence-corrected chi connectivity index (χ3v) is 4.31. The Kier molecular flexibility index (Phi) is 4.01. The van der Waals surface area contributed by atoms with Crippen LogP contribution in [-0.2, 0) is 10.0 Å². The normalized spacial score (nSPS) is 11.6. The summed E-state index contributed by atoms with van der Waals surface area (Å²) in [6, 6.07) is 3.19. The zero-order chi connectivity index (χ0) is 14.1. The summed E-state index contributed by atoms with van der Waals surface area (Å²) in [5.41, 5.74) is 1.48. The minimum Gasteiger partial charge on any atom is -0.478 e. The predicted molar refractivity (Wildman–Crippen MR) is 70.6 cm³/mol. The zero-order valence-electron chi connectivity index (χ0n) is 10.8. The molecule has 0 heterocycles. The van der Waals surface area contributed by atoms with Crippen LogP contribution in [0.25, 0.3) is 0 Å². The summed E-state index contributed by atoms with van der Waals surface area (Å²) in [5.74, 6) is -1.15. The van der Waals surface area contributed by atoms with E-state index in [0.717, 1.165) is 5.56 Å². The van der Waals surface area contributed by atoms with E-state index in [4.69, 9.17) is 5.11 Å². The number of benzene rings is 1. The molecule has 1 aromatic rings. The number of anilines is 1. The van der Waals surface area contributed by atoms with Crippen molar-refractivity contribution in [3.8, 4) is 0 Å². The molecule has 0 spiro atoms. The monoisotopic (exact) mass is 271 g/mol. The predicted octanol–water partition coefficient (Wildman–Crippen LogP) is 2.15. The van der Waals surface area contributed by atoms with Crippen molar-refractivity contribution in [2.45, 2.75) is 32.9 Å². The third kappa shape index (κ3) is 3.01. The van der Waals surface area contributed by atoms with Gasteiger partial charge in [-0.05, 0) is 44.9 Å². The molecule has 0 amide bonds. The molecule has 2 N–H and O–H groups in total. The molecule has 0 fully saturated rings. The first-order valence-corrected chi connectivity index (χ1v) is 7.06. The van der Waals surface area contributed by atoms with Gasteiger partial charge in [0.15, 0.2) is 0 Å². The highest BCUT2D eigenvalue weighted by atomic mass is 32.2. The van der Waals surface area contributed by atoms with Crippen molar-refractivity contribution in [1.29, 1.82) is 0 Å². The summed E-state index contributed by atoms with van der Waals surface area (Å²) in [5, 5.41) is 8.49. The summed E-state index contributed by atoms with van der Waals surface area (Å²) in [6.07, 6.45) is 0. The van der Waals surface area contributed by atoms with Crippen molar-refractivity contribution in [2.24, 2.45) is 0 Å². The van der Waals surface area contributed by atoms with Crippen molar-refractivity contribution in [1.82, 2.24) is 0 Å². The van der Waals surface area contributed by atoms with Crippen LogP contribution < -0.4 is 4.72 Å². The summed E-state index contributed by atoms with van der Waals surface area (Å²) in [4.78, 5) is 11.1. The molecule has 0 saturated heterocycles. The number of carboxylic acid groups (broad SMARTS) is 1. The van der Waals surface area contributed by atoms with Crippen LogP contribution in [0.2, 0.25) is 0 Å². The zero-order valence-corrected chi connectivity index (χ0v) is 11.6. The van der Waals surface area contributed by atoms with E-state index >= 15 is 0 Å². The van der Waals surface area contributed by atoms with Crippen molar-refractivity contribution < 1.29 is 18.3 Å². The standard InChI is InChI=1S/C12H17NO4S/c1-7(2)18(16,17)13-11-9(4)5-8(3)6-10(11)12(14)15/h5-7,13H,1-4H3,(H,14,15). The number of hydrogen-bond acceptors (Lipinski definition) is 3.